The molecular formula is C40H19N5S. The van der Waals surface area contributed by atoms with Crippen LogP contribution in [0, 0.1) is 35.8 Å². The molecule has 0 spiro atoms. The lowest BCUT2D eigenvalue weighted by atomic mass is 9.95. The lowest BCUT2D eigenvalue weighted by Crippen LogP contribution is -1.94. The quantitative estimate of drug-likeness (QED) is 0.189. The summed E-state index contributed by atoms with van der Waals surface area (Å²) in [6, 6.07) is 42.1. The molecule has 2 heterocycles. The van der Waals surface area contributed by atoms with Crippen molar-refractivity contribution in [3.63, 3.8) is 0 Å². The van der Waals surface area contributed by atoms with Gasteiger partial charge in [-0.05, 0) is 71.8 Å². The zero-order chi connectivity index (χ0) is 31.4. The molecule has 2 aromatic heterocycles. The van der Waals surface area contributed by atoms with E-state index in [4.69, 9.17) is 13.1 Å². The van der Waals surface area contributed by atoms with Crippen LogP contribution in [-0.4, -0.2) is 4.57 Å². The van der Waals surface area contributed by atoms with E-state index in [1.54, 1.807) is 47.7 Å². The van der Waals surface area contributed by atoms with Gasteiger partial charge in [0.15, 0.2) is 11.4 Å². The normalized spacial score (nSPS) is 11.0. The van der Waals surface area contributed by atoms with Crippen LogP contribution in [0.4, 0.5) is 11.4 Å². The maximum atomic E-state index is 9.94. The first-order valence-corrected chi connectivity index (χ1v) is 15.3. The molecule has 0 bridgehead atoms. The molecule has 6 aromatic carbocycles. The van der Waals surface area contributed by atoms with E-state index in [1.165, 1.54) is 20.2 Å². The molecule has 0 aliphatic carbocycles. The Morgan fingerprint density at radius 2 is 1.11 bits per heavy atom. The monoisotopic (exact) mass is 601 g/mol. The van der Waals surface area contributed by atoms with Gasteiger partial charge in [-0.1, -0.05) is 54.6 Å². The summed E-state index contributed by atoms with van der Waals surface area (Å²) in [6.07, 6.45) is 0. The van der Waals surface area contributed by atoms with Crippen LogP contribution in [0.2, 0.25) is 0 Å². The van der Waals surface area contributed by atoms with Crippen LogP contribution in [0.1, 0.15) is 11.1 Å². The number of hydrogen-bond acceptors (Lipinski definition) is 3. The highest BCUT2D eigenvalue weighted by Crippen LogP contribution is 2.43. The molecule has 0 fully saturated rings. The first-order chi connectivity index (χ1) is 22.6. The van der Waals surface area contributed by atoms with E-state index in [0.29, 0.717) is 33.6 Å². The van der Waals surface area contributed by atoms with E-state index in [-0.39, 0.29) is 0 Å². The summed E-state index contributed by atoms with van der Waals surface area (Å²) >= 11 is 1.78. The molecule has 0 saturated heterocycles. The highest BCUT2D eigenvalue weighted by Gasteiger charge is 2.19. The fourth-order valence-corrected chi connectivity index (χ4v) is 7.61. The first kappa shape index (κ1) is 26.9. The number of rotatable bonds is 3. The van der Waals surface area contributed by atoms with Gasteiger partial charge in [0.1, 0.15) is 0 Å². The molecule has 0 saturated carbocycles. The third-order valence-electron chi connectivity index (χ3n) is 8.53. The van der Waals surface area contributed by atoms with Crippen molar-refractivity contribution in [1.29, 1.82) is 10.5 Å². The number of aromatic nitrogens is 1. The molecule has 0 N–H and O–H groups in total. The maximum Gasteiger partial charge on any atom is 0.196 e. The summed E-state index contributed by atoms with van der Waals surface area (Å²) in [7, 11) is 0. The molecule has 5 nitrogen and oxygen atoms in total. The Kier molecular flexibility index (Phi) is 6.13. The largest absolute Gasteiger partial charge is 0.309 e. The zero-order valence-electron chi connectivity index (χ0n) is 24.1. The van der Waals surface area contributed by atoms with Gasteiger partial charge in [0.25, 0.3) is 0 Å². The number of fused-ring (bicyclic) bond motifs is 6. The van der Waals surface area contributed by atoms with Crippen molar-refractivity contribution in [3.8, 4) is 40.1 Å². The molecule has 8 rings (SSSR count). The second kappa shape index (κ2) is 10.5. The average Bonchev–Trinajstić information content (AvgIpc) is 3.65. The van der Waals surface area contributed by atoms with Crippen molar-refractivity contribution in [3.05, 3.63) is 149 Å². The number of nitriles is 2. The summed E-state index contributed by atoms with van der Waals surface area (Å²) in [4.78, 5) is 7.45. The zero-order valence-corrected chi connectivity index (χ0v) is 24.9. The minimum atomic E-state index is 0.419. The fraction of sp³-hybridized carbons (Fsp3) is 0. The van der Waals surface area contributed by atoms with E-state index < -0.39 is 0 Å². The van der Waals surface area contributed by atoms with E-state index in [2.05, 4.69) is 81.0 Å². The van der Waals surface area contributed by atoms with Gasteiger partial charge in [-0.15, -0.1) is 11.3 Å². The second-order valence-corrected chi connectivity index (χ2v) is 12.0. The van der Waals surface area contributed by atoms with Gasteiger partial charge in [-0.3, -0.25) is 0 Å². The van der Waals surface area contributed by atoms with Crippen LogP contribution < -0.4 is 0 Å². The van der Waals surface area contributed by atoms with Crippen LogP contribution in [-0.2, 0) is 0 Å². The Balaban J connectivity index is 1.47. The van der Waals surface area contributed by atoms with Crippen molar-refractivity contribution >= 4 is 64.7 Å². The maximum absolute atomic E-state index is 9.94. The van der Waals surface area contributed by atoms with Crippen LogP contribution in [0.5, 0.6) is 0 Å². The van der Waals surface area contributed by atoms with Crippen molar-refractivity contribution in [2.45, 2.75) is 0 Å². The van der Waals surface area contributed by atoms with Crippen molar-refractivity contribution in [2.75, 3.05) is 0 Å². The van der Waals surface area contributed by atoms with E-state index in [9.17, 15) is 10.5 Å². The molecule has 0 aliphatic rings. The topological polar surface area (TPSA) is 61.2 Å². The first-order valence-electron chi connectivity index (χ1n) is 14.5. The highest BCUT2D eigenvalue weighted by atomic mass is 32.1. The van der Waals surface area contributed by atoms with Crippen LogP contribution in [0.25, 0.3) is 79.6 Å². The van der Waals surface area contributed by atoms with Crippen molar-refractivity contribution in [2.24, 2.45) is 0 Å². The third-order valence-corrected chi connectivity index (χ3v) is 9.68. The Hall–Kier alpha value is -6.70. The number of thiophene rings is 1. The van der Waals surface area contributed by atoms with Gasteiger partial charge in [0.2, 0.25) is 0 Å². The molecule has 0 radical (unpaired) electrons. The SMILES string of the molecule is [C-]#[N+]c1cccc(C#N)c1-c1ccc2c(c1)c1cc(-c3c(C#N)cccc3[N+]#[C-])ccc1n2-c1ccc2sc3ccccc3c2c1. The standard InChI is InChI=1S/C40H19N5S/c1-43-33-10-5-7-26(22-41)39(33)24-13-16-35-30(19-24)31-20-25(40-27(23-42)8-6-11-34(40)44-2)14-17-36(31)45(35)28-15-18-38-32(21-28)29-9-3-4-12-37(29)46-38/h3-21H. The van der Waals surface area contributed by atoms with Crippen molar-refractivity contribution in [1.82, 2.24) is 4.57 Å². The summed E-state index contributed by atoms with van der Waals surface area (Å²) in [6.45, 7) is 15.6. The smallest absolute Gasteiger partial charge is 0.196 e. The van der Waals surface area contributed by atoms with Crippen LogP contribution in [0.15, 0.2) is 115 Å². The lowest BCUT2D eigenvalue weighted by molar-refractivity contribution is 1.19. The lowest BCUT2D eigenvalue weighted by Gasteiger charge is -2.10. The number of hydrogen-bond donors (Lipinski definition) is 0. The Bertz CT molecular complexity index is 2560. The van der Waals surface area contributed by atoms with E-state index in [0.717, 1.165) is 38.6 Å². The van der Waals surface area contributed by atoms with Crippen LogP contribution in [0.3, 0.4) is 0 Å². The summed E-state index contributed by atoms with van der Waals surface area (Å²) in [5, 5.41) is 24.2. The minimum Gasteiger partial charge on any atom is -0.309 e. The number of benzene rings is 6. The van der Waals surface area contributed by atoms with Gasteiger partial charge >= 0.3 is 0 Å². The summed E-state index contributed by atoms with van der Waals surface area (Å²) in [5.74, 6) is 0. The van der Waals surface area contributed by atoms with Gasteiger partial charge in [-0.25, -0.2) is 9.69 Å². The predicted molar refractivity (Wildman–Crippen MR) is 186 cm³/mol. The van der Waals surface area contributed by atoms with Gasteiger partial charge in [0, 0.05) is 58.9 Å². The molecule has 0 atom stereocenters. The van der Waals surface area contributed by atoms with E-state index in [1.807, 2.05) is 24.3 Å². The van der Waals surface area contributed by atoms with E-state index >= 15 is 0 Å². The Morgan fingerprint density at radius 3 is 1.67 bits per heavy atom. The molecule has 0 unspecified atom stereocenters. The molecule has 0 amide bonds. The molecular weight excluding hydrogens is 583 g/mol. The van der Waals surface area contributed by atoms with Crippen LogP contribution >= 0.6 is 11.3 Å². The Morgan fingerprint density at radius 1 is 0.543 bits per heavy atom. The average molecular weight is 602 g/mol. The molecule has 6 heteroatoms. The molecule has 8 aromatic rings. The predicted octanol–water partition coefficient (Wildman–Crippen LogP) is 11.3. The fourth-order valence-electron chi connectivity index (χ4n) is 6.53. The molecule has 0 aliphatic heterocycles. The highest BCUT2D eigenvalue weighted by molar-refractivity contribution is 7.25. The minimum absolute atomic E-state index is 0.419. The van der Waals surface area contributed by atoms with Crippen molar-refractivity contribution < 1.29 is 0 Å². The summed E-state index contributed by atoms with van der Waals surface area (Å²) < 4.78 is 4.70. The molecule has 46 heavy (non-hydrogen) atoms. The number of nitrogens with zero attached hydrogens (tertiary/aromatic N) is 5. The van der Waals surface area contributed by atoms with Gasteiger partial charge < -0.3 is 4.57 Å². The third kappa shape index (κ3) is 3.97. The Labute approximate surface area is 268 Å². The van der Waals surface area contributed by atoms with Gasteiger partial charge in [0.05, 0.1) is 36.3 Å². The van der Waals surface area contributed by atoms with Gasteiger partial charge in [-0.2, -0.15) is 10.5 Å². The second-order valence-electron chi connectivity index (χ2n) is 10.9. The molecule has 210 valence electrons. The summed E-state index contributed by atoms with van der Waals surface area (Å²) in [5.41, 5.74) is 7.43.